The highest BCUT2D eigenvalue weighted by molar-refractivity contribution is 9.10. The van der Waals surface area contributed by atoms with Crippen LogP contribution in [0.25, 0.3) is 28.2 Å². The number of aryl methyl sites for hydroxylation is 1. The molecule has 1 aromatic carbocycles. The van der Waals surface area contributed by atoms with Gasteiger partial charge in [0.15, 0.2) is 5.65 Å². The van der Waals surface area contributed by atoms with Crippen LogP contribution in [0.4, 0.5) is 5.69 Å². The number of sulfonamides is 2. The number of nitrogens with two attached hydrogens (primary N) is 1. The molecule has 0 radical (unpaired) electrons. The molecule has 0 bridgehead atoms. The van der Waals surface area contributed by atoms with Crippen molar-refractivity contribution in [1.82, 2.24) is 23.8 Å². The Balaban J connectivity index is 1.48. The number of primary sulfonamides is 1. The van der Waals surface area contributed by atoms with Gasteiger partial charge in [0.05, 0.1) is 20.8 Å². The van der Waals surface area contributed by atoms with Crippen molar-refractivity contribution in [2.24, 2.45) is 5.14 Å². The zero-order valence-corrected chi connectivity index (χ0v) is 24.3. The van der Waals surface area contributed by atoms with E-state index < -0.39 is 20.0 Å². The first-order valence-electron chi connectivity index (χ1n) is 12.0. The van der Waals surface area contributed by atoms with Gasteiger partial charge in [0.1, 0.15) is 11.3 Å². The Hall–Kier alpha value is -2.78. The minimum atomic E-state index is -3.78. The fraction of sp³-hybridized carbons (Fsp3) is 0.333. The van der Waals surface area contributed by atoms with Crippen LogP contribution in [-0.4, -0.2) is 65.5 Å². The number of hydrogen-bond acceptors (Lipinski definition) is 7. The summed E-state index contributed by atoms with van der Waals surface area (Å²) in [7, 11) is -7.01. The van der Waals surface area contributed by atoms with Gasteiger partial charge in [0.2, 0.25) is 20.0 Å². The molecule has 38 heavy (non-hydrogen) atoms. The summed E-state index contributed by atoms with van der Waals surface area (Å²) in [5, 5.41) is 8.73. The molecule has 0 unspecified atom stereocenters. The summed E-state index contributed by atoms with van der Waals surface area (Å²) in [4.78, 5) is 12.7. The van der Waals surface area contributed by atoms with E-state index in [0.717, 1.165) is 32.8 Å². The fourth-order valence-corrected chi connectivity index (χ4v) is 6.96. The minimum Gasteiger partial charge on any atom is -0.378 e. The van der Waals surface area contributed by atoms with Gasteiger partial charge in [0, 0.05) is 48.0 Å². The number of aromatic nitrogens is 4. The molecule has 0 amide bonds. The number of anilines is 1. The molecule has 5 rings (SSSR count). The summed E-state index contributed by atoms with van der Waals surface area (Å²) < 4.78 is 52.1. The van der Waals surface area contributed by atoms with Crippen LogP contribution < -0.4 is 10.5 Å². The van der Waals surface area contributed by atoms with Crippen LogP contribution in [0.5, 0.6) is 0 Å². The number of aromatic amines is 1. The Morgan fingerprint density at radius 3 is 2.55 bits per heavy atom. The van der Waals surface area contributed by atoms with Gasteiger partial charge < -0.3 is 14.9 Å². The van der Waals surface area contributed by atoms with Crippen LogP contribution in [-0.2, 0) is 20.0 Å². The number of rotatable bonds is 7. The molecule has 11 nitrogen and oxygen atoms in total. The molecule has 1 atom stereocenters. The molecule has 202 valence electrons. The maximum atomic E-state index is 12.3. The molecule has 1 aliphatic heterocycles. The first kappa shape index (κ1) is 26.8. The summed E-state index contributed by atoms with van der Waals surface area (Å²) >= 11 is 3.58. The second-order valence-corrected chi connectivity index (χ2v) is 14.0. The van der Waals surface area contributed by atoms with Crippen molar-refractivity contribution in [2.75, 3.05) is 24.2 Å². The Bertz CT molecular complexity index is 1750. The molecule has 1 aliphatic rings. The van der Waals surface area contributed by atoms with Crippen molar-refractivity contribution in [2.45, 2.75) is 38.1 Å². The van der Waals surface area contributed by atoms with E-state index >= 15 is 0 Å². The molecule has 0 aliphatic carbocycles. The van der Waals surface area contributed by atoms with Gasteiger partial charge in [-0.3, -0.25) is 0 Å². The smallest absolute Gasteiger partial charge is 0.238 e. The summed E-state index contributed by atoms with van der Waals surface area (Å²) in [6.45, 7) is 6.47. The van der Waals surface area contributed by atoms with E-state index in [-0.39, 0.29) is 16.7 Å². The summed E-state index contributed by atoms with van der Waals surface area (Å²) in [5.74, 6) is 0.720. The first-order valence-corrected chi connectivity index (χ1v) is 15.9. The van der Waals surface area contributed by atoms with E-state index in [1.165, 1.54) is 16.4 Å². The molecule has 4 N–H and O–H groups in total. The van der Waals surface area contributed by atoms with Gasteiger partial charge in [-0.1, -0.05) is 0 Å². The van der Waals surface area contributed by atoms with Crippen LogP contribution >= 0.6 is 15.9 Å². The molecule has 4 heterocycles. The number of fused-ring (bicyclic) bond motifs is 1. The second kappa shape index (κ2) is 9.75. The highest BCUT2D eigenvalue weighted by Gasteiger charge is 2.31. The number of H-pyrrole nitrogens is 1. The average molecular weight is 623 g/mol. The van der Waals surface area contributed by atoms with E-state index in [1.54, 1.807) is 25.3 Å². The fourth-order valence-electron chi connectivity index (χ4n) is 4.87. The number of benzene rings is 1. The Kier molecular flexibility index (Phi) is 6.88. The van der Waals surface area contributed by atoms with Crippen molar-refractivity contribution in [3.63, 3.8) is 0 Å². The summed E-state index contributed by atoms with van der Waals surface area (Å²) in [6.07, 6.45) is 2.38. The van der Waals surface area contributed by atoms with E-state index in [2.05, 4.69) is 31.2 Å². The van der Waals surface area contributed by atoms with Crippen molar-refractivity contribution in [3.05, 3.63) is 52.4 Å². The number of imidazole rings is 1. The Morgan fingerprint density at radius 2 is 1.89 bits per heavy atom. The van der Waals surface area contributed by atoms with Gasteiger partial charge in [-0.05, 0) is 73.5 Å². The third-order valence-electron chi connectivity index (χ3n) is 6.84. The maximum absolute atomic E-state index is 12.3. The predicted molar refractivity (Wildman–Crippen MR) is 150 cm³/mol. The van der Waals surface area contributed by atoms with Gasteiger partial charge >= 0.3 is 0 Å². The minimum absolute atomic E-state index is 0.0460. The lowest BCUT2D eigenvalue weighted by Gasteiger charge is -2.17. The Morgan fingerprint density at radius 1 is 1.18 bits per heavy atom. The van der Waals surface area contributed by atoms with Gasteiger partial charge in [-0.15, -0.1) is 0 Å². The highest BCUT2D eigenvalue weighted by atomic mass is 79.9. The van der Waals surface area contributed by atoms with Gasteiger partial charge in [0.25, 0.3) is 0 Å². The predicted octanol–water partition coefficient (Wildman–Crippen LogP) is 3.28. The molecule has 14 heteroatoms. The van der Waals surface area contributed by atoms with Crippen LogP contribution in [0.15, 0.2) is 45.9 Å². The number of nitrogens with one attached hydrogen (secondary N) is 2. The van der Waals surface area contributed by atoms with Crippen molar-refractivity contribution < 1.29 is 16.8 Å². The lowest BCUT2D eigenvalue weighted by molar-refractivity contribution is 0.476. The standard InChI is InChI=1S/C24H28BrN7O4S2/c1-4-37(33,34)31-10-9-16(13-31)28-21-20(25)12-27-24-22(21)29-23(30-24)19-11-14(2)32(15(19)3)17-5-7-18(8-6-17)38(26,35)36/h5-8,11-12,16H,4,9-10,13H2,1-3H3,(H2,26,35,36)(H2,27,28,29,30)/t16-/m0/s1. The third-order valence-corrected chi connectivity index (χ3v) is 10.2. The van der Waals surface area contributed by atoms with Crippen LogP contribution in [0, 0.1) is 13.8 Å². The van der Waals surface area contributed by atoms with Gasteiger partial charge in [-0.2, -0.15) is 4.31 Å². The molecule has 4 aromatic rings. The van der Waals surface area contributed by atoms with Crippen molar-refractivity contribution >= 4 is 52.8 Å². The summed E-state index contributed by atoms with van der Waals surface area (Å²) in [5.41, 5.74) is 5.55. The van der Waals surface area contributed by atoms with Crippen LogP contribution in [0.3, 0.4) is 0 Å². The highest BCUT2D eigenvalue weighted by Crippen LogP contribution is 2.34. The molecular formula is C24H28BrN7O4S2. The average Bonchev–Trinajstić information content (AvgIpc) is 3.58. The van der Waals surface area contributed by atoms with E-state index in [1.807, 2.05) is 24.5 Å². The zero-order chi connectivity index (χ0) is 27.4. The van der Waals surface area contributed by atoms with Crippen LogP contribution in [0.1, 0.15) is 24.7 Å². The first-order chi connectivity index (χ1) is 17.9. The normalized spacial score (nSPS) is 16.9. The van der Waals surface area contributed by atoms with Gasteiger partial charge in [-0.25, -0.2) is 31.9 Å². The zero-order valence-electron chi connectivity index (χ0n) is 21.1. The molecule has 0 spiro atoms. The number of pyridine rings is 1. The maximum Gasteiger partial charge on any atom is 0.238 e. The molecule has 3 aromatic heterocycles. The van der Waals surface area contributed by atoms with E-state index in [4.69, 9.17) is 10.1 Å². The third kappa shape index (κ3) is 4.86. The lowest BCUT2D eigenvalue weighted by Crippen LogP contribution is -2.32. The van der Waals surface area contributed by atoms with E-state index in [0.29, 0.717) is 36.5 Å². The SMILES string of the molecule is CCS(=O)(=O)N1CC[C@H](Nc2c(Br)cnc3nc(-c4cc(C)n(-c5ccc(S(N)(=O)=O)cc5)c4C)[nH]c23)C1. The van der Waals surface area contributed by atoms with Crippen molar-refractivity contribution in [3.8, 4) is 17.1 Å². The molecular weight excluding hydrogens is 594 g/mol. The number of hydrogen-bond donors (Lipinski definition) is 3. The second-order valence-electron chi connectivity index (χ2n) is 9.31. The topological polar surface area (TPSA) is 156 Å². The molecule has 1 fully saturated rings. The quantitative estimate of drug-likeness (QED) is 0.286. The summed E-state index contributed by atoms with van der Waals surface area (Å²) in [6, 6.07) is 8.36. The molecule has 1 saturated heterocycles. The van der Waals surface area contributed by atoms with Crippen LogP contribution in [0.2, 0.25) is 0 Å². The molecule has 0 saturated carbocycles. The largest absolute Gasteiger partial charge is 0.378 e. The lowest BCUT2D eigenvalue weighted by atomic mass is 10.2. The van der Waals surface area contributed by atoms with Crippen molar-refractivity contribution in [1.29, 1.82) is 0 Å². The Labute approximate surface area is 229 Å². The number of nitrogens with zero attached hydrogens (tertiary/aromatic N) is 4. The number of halogens is 1. The monoisotopic (exact) mass is 621 g/mol. The van der Waals surface area contributed by atoms with E-state index in [9.17, 15) is 16.8 Å².